The monoisotopic (exact) mass is 342 g/mol. The minimum absolute atomic E-state index is 0.000417. The van der Waals surface area contributed by atoms with Crippen LogP contribution in [-0.2, 0) is 16.0 Å². The van der Waals surface area contributed by atoms with Crippen LogP contribution in [0.1, 0.15) is 17.7 Å². The lowest BCUT2D eigenvalue weighted by molar-refractivity contribution is -0.139. The predicted octanol–water partition coefficient (Wildman–Crippen LogP) is 1.92. The molecule has 88 valence electrons. The number of hydrogen-bond donors (Lipinski definition) is 1. The third-order valence-corrected chi connectivity index (χ3v) is 2.75. The molecule has 0 unspecified atom stereocenters. The summed E-state index contributed by atoms with van der Waals surface area (Å²) in [7, 11) is 1.19. The zero-order valence-electron chi connectivity index (χ0n) is 8.34. The highest BCUT2D eigenvalue weighted by Crippen LogP contribution is 2.26. The minimum Gasteiger partial charge on any atom is -0.469 e. The number of anilines is 1. The number of hydrogen-bond acceptors (Lipinski definition) is 4. The first-order chi connectivity index (χ1) is 7.45. The molecule has 16 heavy (non-hydrogen) atoms. The van der Waals surface area contributed by atoms with Crippen molar-refractivity contribution in [3.05, 3.63) is 21.0 Å². The second-order valence-electron chi connectivity index (χ2n) is 2.96. The number of methoxy groups -OCH3 is 1. The summed E-state index contributed by atoms with van der Waals surface area (Å²) in [6, 6.07) is 1.14. The van der Waals surface area contributed by atoms with Gasteiger partial charge in [-0.05, 0) is 28.7 Å². The van der Waals surface area contributed by atoms with Crippen molar-refractivity contribution in [2.45, 2.75) is 12.8 Å². The number of pyridine rings is 1. The summed E-state index contributed by atoms with van der Waals surface area (Å²) in [5.41, 5.74) is 5.31. The molecule has 1 aromatic heterocycles. The zero-order valence-corrected chi connectivity index (χ0v) is 10.5. The van der Waals surface area contributed by atoms with E-state index in [9.17, 15) is 13.6 Å². The smallest absolute Gasteiger partial charge is 0.311 e. The number of nitrogens with two attached hydrogens (primary N) is 1. The maximum Gasteiger partial charge on any atom is 0.311 e. The van der Waals surface area contributed by atoms with E-state index in [1.165, 1.54) is 7.11 Å². The summed E-state index contributed by atoms with van der Waals surface area (Å²) < 4.78 is 30.1. The van der Waals surface area contributed by atoms with Crippen molar-refractivity contribution in [3.8, 4) is 0 Å². The van der Waals surface area contributed by atoms with E-state index in [4.69, 9.17) is 5.73 Å². The fraction of sp³-hybridized carbons (Fsp3) is 0.333. The van der Waals surface area contributed by atoms with E-state index in [1.54, 1.807) is 0 Å². The van der Waals surface area contributed by atoms with Crippen molar-refractivity contribution in [3.63, 3.8) is 0 Å². The molecule has 0 amide bonds. The van der Waals surface area contributed by atoms with Gasteiger partial charge in [0.05, 0.1) is 24.9 Å². The van der Waals surface area contributed by atoms with Crippen LogP contribution in [0.3, 0.4) is 0 Å². The topological polar surface area (TPSA) is 65.2 Å². The van der Waals surface area contributed by atoms with E-state index >= 15 is 0 Å². The highest BCUT2D eigenvalue weighted by Gasteiger charge is 2.19. The van der Waals surface area contributed by atoms with E-state index in [-0.39, 0.29) is 23.4 Å². The van der Waals surface area contributed by atoms with Crippen molar-refractivity contribution in [2.75, 3.05) is 12.8 Å². The summed E-state index contributed by atoms with van der Waals surface area (Å²) in [4.78, 5) is 14.9. The van der Waals surface area contributed by atoms with Gasteiger partial charge >= 0.3 is 5.97 Å². The first-order valence-corrected chi connectivity index (χ1v) is 5.33. The van der Waals surface area contributed by atoms with Gasteiger partial charge in [-0.25, -0.2) is 13.8 Å². The number of nitrogens with zero attached hydrogens (tertiary/aromatic N) is 1. The Morgan fingerprint density at radius 2 is 2.31 bits per heavy atom. The molecular formula is C9H9F2IN2O2. The summed E-state index contributed by atoms with van der Waals surface area (Å²) in [6.07, 6.45) is -3.00. The van der Waals surface area contributed by atoms with Crippen molar-refractivity contribution in [1.82, 2.24) is 4.98 Å². The van der Waals surface area contributed by atoms with Crippen LogP contribution >= 0.6 is 22.6 Å². The second kappa shape index (κ2) is 5.37. The van der Waals surface area contributed by atoms with Gasteiger partial charge in [-0.3, -0.25) is 4.79 Å². The number of carbonyl (C=O) groups excluding carboxylic acids is 1. The summed E-state index contributed by atoms with van der Waals surface area (Å²) in [5.74, 6) is -0.616. The molecule has 0 aliphatic rings. The van der Waals surface area contributed by atoms with Gasteiger partial charge < -0.3 is 10.5 Å². The molecule has 4 nitrogen and oxygen atoms in total. The van der Waals surface area contributed by atoms with E-state index in [2.05, 4.69) is 9.72 Å². The van der Waals surface area contributed by atoms with Crippen LogP contribution in [0.5, 0.6) is 0 Å². The Balaban J connectivity index is 3.14. The normalized spacial score (nSPS) is 10.6. The largest absolute Gasteiger partial charge is 0.469 e. The lowest BCUT2D eigenvalue weighted by atomic mass is 10.1. The molecule has 0 atom stereocenters. The molecule has 2 N–H and O–H groups in total. The molecule has 0 saturated carbocycles. The van der Waals surface area contributed by atoms with Gasteiger partial charge in [-0.2, -0.15) is 0 Å². The molecule has 0 aliphatic carbocycles. The van der Waals surface area contributed by atoms with E-state index in [1.807, 2.05) is 22.6 Å². The molecular weight excluding hydrogens is 333 g/mol. The van der Waals surface area contributed by atoms with E-state index in [0.29, 0.717) is 3.70 Å². The number of alkyl halides is 2. The fourth-order valence-electron chi connectivity index (χ4n) is 1.10. The van der Waals surface area contributed by atoms with Crippen LogP contribution in [0, 0.1) is 3.70 Å². The molecule has 1 heterocycles. The maximum absolute atomic E-state index is 12.6. The van der Waals surface area contributed by atoms with Gasteiger partial charge in [0, 0.05) is 5.56 Å². The Morgan fingerprint density at radius 1 is 1.69 bits per heavy atom. The average Bonchev–Trinajstić information content (AvgIpc) is 2.22. The fourth-order valence-corrected chi connectivity index (χ4v) is 1.54. The van der Waals surface area contributed by atoms with Crippen molar-refractivity contribution in [1.29, 1.82) is 0 Å². The van der Waals surface area contributed by atoms with Gasteiger partial charge in [0.15, 0.2) is 0 Å². The van der Waals surface area contributed by atoms with Crippen molar-refractivity contribution < 1.29 is 18.3 Å². The molecule has 0 aromatic carbocycles. The summed E-state index contributed by atoms with van der Waals surface area (Å²) >= 11 is 1.82. The molecule has 7 heteroatoms. The molecule has 0 aliphatic heterocycles. The third-order valence-electron chi connectivity index (χ3n) is 1.89. The van der Waals surface area contributed by atoms with E-state index < -0.39 is 12.4 Å². The summed E-state index contributed by atoms with van der Waals surface area (Å²) in [5, 5.41) is 0. The Bertz CT molecular complexity index is 413. The van der Waals surface area contributed by atoms with Crippen LogP contribution in [0.4, 0.5) is 14.5 Å². The second-order valence-corrected chi connectivity index (χ2v) is 3.98. The van der Waals surface area contributed by atoms with Crippen LogP contribution in [0.2, 0.25) is 0 Å². The number of ether oxygens (including phenoxy) is 1. The van der Waals surface area contributed by atoms with Crippen molar-refractivity contribution >= 4 is 34.2 Å². The van der Waals surface area contributed by atoms with E-state index in [0.717, 1.165) is 6.07 Å². The number of nitrogen functional groups attached to an aromatic ring is 1. The Morgan fingerprint density at radius 3 is 2.81 bits per heavy atom. The molecule has 0 radical (unpaired) electrons. The number of esters is 1. The zero-order chi connectivity index (χ0) is 12.3. The van der Waals surface area contributed by atoms with Gasteiger partial charge in [0.2, 0.25) is 0 Å². The highest BCUT2D eigenvalue weighted by atomic mass is 127. The Hall–Kier alpha value is -0.990. The average molecular weight is 342 g/mol. The molecule has 0 spiro atoms. The Labute approximate surface area is 104 Å². The minimum atomic E-state index is -2.72. The van der Waals surface area contributed by atoms with Gasteiger partial charge in [-0.1, -0.05) is 0 Å². The molecule has 0 fully saturated rings. The molecule has 1 aromatic rings. The third kappa shape index (κ3) is 3.00. The number of halogens is 3. The van der Waals surface area contributed by atoms with Crippen LogP contribution < -0.4 is 5.73 Å². The number of rotatable bonds is 3. The SMILES string of the molecule is COC(=O)Cc1nc(I)c(N)cc1C(F)F. The maximum atomic E-state index is 12.6. The quantitative estimate of drug-likeness (QED) is 0.518. The van der Waals surface area contributed by atoms with Gasteiger partial charge in [0.1, 0.15) is 3.70 Å². The standard InChI is InChI=1S/C9H9F2IN2O2/c1-16-7(15)3-6-4(8(10)11)2-5(13)9(12)14-6/h2,8H,3,13H2,1H3. The van der Waals surface area contributed by atoms with Crippen LogP contribution in [0.15, 0.2) is 6.07 Å². The van der Waals surface area contributed by atoms with Crippen LogP contribution in [0.25, 0.3) is 0 Å². The number of aromatic nitrogens is 1. The van der Waals surface area contributed by atoms with Gasteiger partial charge in [0.25, 0.3) is 6.43 Å². The first-order valence-electron chi connectivity index (χ1n) is 4.25. The first kappa shape index (κ1) is 13.1. The van der Waals surface area contributed by atoms with Crippen molar-refractivity contribution in [2.24, 2.45) is 0 Å². The highest BCUT2D eigenvalue weighted by molar-refractivity contribution is 14.1. The van der Waals surface area contributed by atoms with Gasteiger partial charge in [-0.15, -0.1) is 0 Å². The lowest BCUT2D eigenvalue weighted by Crippen LogP contribution is -2.11. The predicted molar refractivity (Wildman–Crippen MR) is 62.0 cm³/mol. The molecule has 0 saturated heterocycles. The lowest BCUT2D eigenvalue weighted by Gasteiger charge is -2.09. The summed E-state index contributed by atoms with van der Waals surface area (Å²) in [6.45, 7) is 0. The Kier molecular flexibility index (Phi) is 4.39. The molecule has 0 bridgehead atoms. The molecule has 1 rings (SSSR count). The number of carbonyl (C=O) groups is 1. The van der Waals surface area contributed by atoms with Crippen LogP contribution in [-0.4, -0.2) is 18.1 Å².